The Balaban J connectivity index is 2.32. The second-order valence-corrected chi connectivity index (χ2v) is 3.93. The van der Waals surface area contributed by atoms with E-state index in [9.17, 15) is 0 Å². The Kier molecular flexibility index (Phi) is 4.74. The fourth-order valence-corrected chi connectivity index (χ4v) is 1.60. The molecule has 0 aliphatic heterocycles. The van der Waals surface area contributed by atoms with Crippen LogP contribution < -0.4 is 5.73 Å². The van der Waals surface area contributed by atoms with E-state index in [1.807, 2.05) is 26.5 Å². The molecule has 1 atom stereocenters. The van der Waals surface area contributed by atoms with Crippen LogP contribution in [-0.2, 0) is 18.3 Å². The number of methoxy groups -OCH3 is 1. The summed E-state index contributed by atoms with van der Waals surface area (Å²) in [7, 11) is 5.63. The average molecular weight is 212 g/mol. The van der Waals surface area contributed by atoms with Crippen molar-refractivity contribution in [3.05, 3.63) is 18.0 Å². The van der Waals surface area contributed by atoms with Crippen molar-refractivity contribution in [1.82, 2.24) is 14.7 Å². The van der Waals surface area contributed by atoms with Gasteiger partial charge in [0.2, 0.25) is 0 Å². The zero-order valence-corrected chi connectivity index (χ0v) is 9.68. The van der Waals surface area contributed by atoms with Gasteiger partial charge in [-0.2, -0.15) is 5.10 Å². The van der Waals surface area contributed by atoms with Gasteiger partial charge in [0.1, 0.15) is 0 Å². The molecule has 1 rings (SSSR count). The molecule has 15 heavy (non-hydrogen) atoms. The number of rotatable bonds is 6. The smallest absolute Gasteiger partial charge is 0.0626 e. The summed E-state index contributed by atoms with van der Waals surface area (Å²) >= 11 is 0. The number of nitrogens with two attached hydrogens (primary N) is 1. The van der Waals surface area contributed by atoms with Crippen LogP contribution in [0.3, 0.4) is 0 Å². The fraction of sp³-hybridized carbons (Fsp3) is 0.700. The number of ether oxygens (including phenoxy) is 1. The molecule has 2 N–H and O–H groups in total. The second kappa shape index (κ2) is 5.85. The molecule has 1 aromatic heterocycles. The predicted molar refractivity (Wildman–Crippen MR) is 59.4 cm³/mol. The van der Waals surface area contributed by atoms with Crippen LogP contribution in [0.1, 0.15) is 5.56 Å². The van der Waals surface area contributed by atoms with Crippen LogP contribution in [0.2, 0.25) is 0 Å². The summed E-state index contributed by atoms with van der Waals surface area (Å²) in [5.41, 5.74) is 7.06. The van der Waals surface area contributed by atoms with Gasteiger partial charge in [0.05, 0.1) is 12.8 Å². The van der Waals surface area contributed by atoms with E-state index in [0.717, 1.165) is 13.1 Å². The Labute approximate surface area is 90.8 Å². The molecule has 0 fully saturated rings. The monoisotopic (exact) mass is 212 g/mol. The minimum absolute atomic E-state index is 0.0664. The van der Waals surface area contributed by atoms with Gasteiger partial charge in [0.25, 0.3) is 0 Å². The third-order valence-electron chi connectivity index (χ3n) is 2.14. The Hall–Kier alpha value is -0.910. The molecule has 5 heteroatoms. The highest BCUT2D eigenvalue weighted by Crippen LogP contribution is 2.01. The maximum absolute atomic E-state index is 5.86. The van der Waals surface area contributed by atoms with E-state index < -0.39 is 0 Å². The molecule has 1 unspecified atom stereocenters. The Morgan fingerprint density at radius 3 is 2.93 bits per heavy atom. The van der Waals surface area contributed by atoms with Gasteiger partial charge < -0.3 is 15.4 Å². The van der Waals surface area contributed by atoms with Crippen LogP contribution in [0.4, 0.5) is 0 Å². The molecule has 5 nitrogen and oxygen atoms in total. The van der Waals surface area contributed by atoms with Crippen LogP contribution in [0.5, 0.6) is 0 Å². The normalized spacial score (nSPS) is 13.4. The molecule has 1 aromatic rings. The van der Waals surface area contributed by atoms with Gasteiger partial charge in [-0.05, 0) is 7.05 Å². The highest BCUT2D eigenvalue weighted by atomic mass is 16.5. The van der Waals surface area contributed by atoms with Gasteiger partial charge in [-0.3, -0.25) is 4.68 Å². The van der Waals surface area contributed by atoms with Crippen LogP contribution in [0.25, 0.3) is 0 Å². The summed E-state index contributed by atoms with van der Waals surface area (Å²) in [4.78, 5) is 2.17. The van der Waals surface area contributed by atoms with Gasteiger partial charge in [-0.1, -0.05) is 0 Å². The molecule has 86 valence electrons. The average Bonchev–Trinajstić information content (AvgIpc) is 2.51. The Morgan fingerprint density at radius 2 is 2.40 bits per heavy atom. The van der Waals surface area contributed by atoms with Crippen molar-refractivity contribution in [2.75, 3.05) is 27.3 Å². The van der Waals surface area contributed by atoms with Crippen molar-refractivity contribution < 1.29 is 4.74 Å². The molecule has 0 bridgehead atoms. The molecule has 0 aliphatic rings. The minimum atomic E-state index is 0.0664. The Morgan fingerprint density at radius 1 is 1.67 bits per heavy atom. The summed E-state index contributed by atoms with van der Waals surface area (Å²) in [5.74, 6) is 0. The second-order valence-electron chi connectivity index (χ2n) is 3.93. The molecule has 0 aromatic carbocycles. The lowest BCUT2D eigenvalue weighted by atomic mass is 10.3. The predicted octanol–water partition coefficient (Wildman–Crippen LogP) is -0.174. The van der Waals surface area contributed by atoms with Crippen molar-refractivity contribution in [3.8, 4) is 0 Å². The number of hydrogen-bond acceptors (Lipinski definition) is 4. The van der Waals surface area contributed by atoms with Crippen LogP contribution in [0.15, 0.2) is 12.4 Å². The SMILES string of the molecule is COCC(N)CN(C)Cc1cnn(C)c1. The van der Waals surface area contributed by atoms with Crippen molar-refractivity contribution in [2.45, 2.75) is 12.6 Å². The third-order valence-corrected chi connectivity index (χ3v) is 2.14. The van der Waals surface area contributed by atoms with Gasteiger partial charge in [0.15, 0.2) is 0 Å². The first-order valence-electron chi connectivity index (χ1n) is 5.02. The van der Waals surface area contributed by atoms with Gasteiger partial charge >= 0.3 is 0 Å². The highest BCUT2D eigenvalue weighted by molar-refractivity contribution is 5.03. The standard InChI is InChI=1S/C10H20N4O/c1-13(7-10(11)8-15-3)5-9-4-12-14(2)6-9/h4,6,10H,5,7-8,11H2,1-3H3. The maximum Gasteiger partial charge on any atom is 0.0626 e. The summed E-state index contributed by atoms with van der Waals surface area (Å²) < 4.78 is 6.79. The summed E-state index contributed by atoms with van der Waals surface area (Å²) in [6.07, 6.45) is 3.89. The lowest BCUT2D eigenvalue weighted by molar-refractivity contribution is 0.160. The van der Waals surface area contributed by atoms with E-state index in [1.165, 1.54) is 5.56 Å². The number of hydrogen-bond donors (Lipinski definition) is 1. The molecule has 0 saturated carbocycles. The van der Waals surface area contributed by atoms with Gasteiger partial charge in [0, 0.05) is 45.0 Å². The minimum Gasteiger partial charge on any atom is -0.383 e. The van der Waals surface area contributed by atoms with Crippen molar-refractivity contribution in [2.24, 2.45) is 12.8 Å². The third kappa shape index (κ3) is 4.42. The number of nitrogens with zero attached hydrogens (tertiary/aromatic N) is 3. The summed E-state index contributed by atoms with van der Waals surface area (Å²) in [5, 5.41) is 4.12. The molecule has 0 saturated heterocycles. The zero-order valence-electron chi connectivity index (χ0n) is 9.68. The van der Waals surface area contributed by atoms with Crippen molar-refractivity contribution >= 4 is 0 Å². The largest absolute Gasteiger partial charge is 0.383 e. The number of aromatic nitrogens is 2. The van der Waals surface area contributed by atoms with E-state index in [4.69, 9.17) is 10.5 Å². The maximum atomic E-state index is 5.86. The first-order valence-corrected chi connectivity index (χ1v) is 5.02. The number of aryl methyl sites for hydroxylation is 1. The fourth-order valence-electron chi connectivity index (χ4n) is 1.60. The molecule has 0 radical (unpaired) electrons. The van der Waals surface area contributed by atoms with E-state index in [-0.39, 0.29) is 6.04 Å². The van der Waals surface area contributed by atoms with Crippen LogP contribution in [0, 0.1) is 0 Å². The summed E-state index contributed by atoms with van der Waals surface area (Å²) in [6, 6.07) is 0.0664. The Bertz CT molecular complexity index is 287. The van der Waals surface area contributed by atoms with Crippen molar-refractivity contribution in [3.63, 3.8) is 0 Å². The van der Waals surface area contributed by atoms with Crippen molar-refractivity contribution in [1.29, 1.82) is 0 Å². The topological polar surface area (TPSA) is 56.3 Å². The molecule has 0 aliphatic carbocycles. The first kappa shape index (κ1) is 12.2. The molecular formula is C10H20N4O. The van der Waals surface area contributed by atoms with Crippen LogP contribution in [-0.4, -0.2) is 48.0 Å². The highest BCUT2D eigenvalue weighted by Gasteiger charge is 2.07. The molecular weight excluding hydrogens is 192 g/mol. The molecule has 0 amide bonds. The zero-order chi connectivity index (χ0) is 11.3. The quantitative estimate of drug-likeness (QED) is 0.711. The molecule has 0 spiro atoms. The van der Waals surface area contributed by atoms with Gasteiger partial charge in [-0.15, -0.1) is 0 Å². The van der Waals surface area contributed by atoms with E-state index in [1.54, 1.807) is 11.8 Å². The van der Waals surface area contributed by atoms with E-state index in [2.05, 4.69) is 10.00 Å². The van der Waals surface area contributed by atoms with Gasteiger partial charge in [-0.25, -0.2) is 0 Å². The van der Waals surface area contributed by atoms with E-state index >= 15 is 0 Å². The number of likely N-dealkylation sites (N-methyl/N-ethyl adjacent to an activating group) is 1. The lowest BCUT2D eigenvalue weighted by Crippen LogP contribution is -2.38. The molecule has 1 heterocycles. The lowest BCUT2D eigenvalue weighted by Gasteiger charge is -2.19. The summed E-state index contributed by atoms with van der Waals surface area (Å²) in [6.45, 7) is 2.28. The van der Waals surface area contributed by atoms with E-state index in [0.29, 0.717) is 6.61 Å². The first-order chi connectivity index (χ1) is 7.11. The van der Waals surface area contributed by atoms with Crippen LogP contribution >= 0.6 is 0 Å².